The number of fused-ring (bicyclic) bond motifs is 1. The highest BCUT2D eigenvalue weighted by atomic mass is 16.5. The molecule has 0 saturated carbocycles. The molecule has 0 saturated heterocycles. The largest absolute Gasteiger partial charge is 0.480 e. The Labute approximate surface area is 122 Å². The van der Waals surface area contributed by atoms with E-state index >= 15 is 0 Å². The van der Waals surface area contributed by atoms with Crippen LogP contribution in [-0.4, -0.2) is 32.2 Å². The molecule has 6 heteroatoms. The number of nitrogens with zero attached hydrogens (tertiary/aromatic N) is 3. The number of hydrogen-bond acceptors (Lipinski definition) is 5. The van der Waals surface area contributed by atoms with Gasteiger partial charge in [-0.1, -0.05) is 36.3 Å². The Balaban J connectivity index is 1.83. The smallest absolute Gasteiger partial charge is 0.321 e. The second-order valence-electron chi connectivity index (χ2n) is 5.19. The maximum atomic E-state index is 11.5. The van der Waals surface area contributed by atoms with Crippen molar-refractivity contribution in [3.63, 3.8) is 0 Å². The molecule has 2 heterocycles. The molecular weight excluding hydrogens is 270 g/mol. The monoisotopic (exact) mass is 287 g/mol. The summed E-state index contributed by atoms with van der Waals surface area (Å²) in [6, 6.07) is 7.39. The normalized spacial score (nSPS) is 18.4. The van der Waals surface area contributed by atoms with Gasteiger partial charge in [0.1, 0.15) is 6.04 Å². The Kier molecular flexibility index (Phi) is 3.70. The third-order valence-electron chi connectivity index (χ3n) is 3.79. The van der Waals surface area contributed by atoms with E-state index in [1.54, 1.807) is 0 Å². The minimum absolute atomic E-state index is 0.384. The molecule has 21 heavy (non-hydrogen) atoms. The van der Waals surface area contributed by atoms with Crippen molar-refractivity contribution in [1.82, 2.24) is 15.0 Å². The van der Waals surface area contributed by atoms with E-state index in [4.69, 9.17) is 4.52 Å². The average molecular weight is 287 g/mol. The van der Waals surface area contributed by atoms with Crippen LogP contribution in [0.2, 0.25) is 0 Å². The predicted molar refractivity (Wildman–Crippen MR) is 74.5 cm³/mol. The fraction of sp³-hybridized carbons (Fsp3) is 0.400. The molecule has 110 valence electrons. The number of benzene rings is 1. The van der Waals surface area contributed by atoms with Crippen molar-refractivity contribution in [2.45, 2.75) is 38.9 Å². The van der Waals surface area contributed by atoms with Crippen molar-refractivity contribution < 1.29 is 14.4 Å². The zero-order valence-corrected chi connectivity index (χ0v) is 11.8. The van der Waals surface area contributed by atoms with Gasteiger partial charge in [-0.25, -0.2) is 0 Å². The summed E-state index contributed by atoms with van der Waals surface area (Å²) in [4.78, 5) is 17.7. The van der Waals surface area contributed by atoms with Crippen LogP contribution in [0.25, 0.3) is 0 Å². The Hall–Kier alpha value is -2.21. The Bertz CT molecular complexity index is 653. The number of carboxylic acid groups (broad SMARTS) is 1. The molecule has 0 amide bonds. The molecule has 0 bridgehead atoms. The molecule has 6 nitrogen and oxygen atoms in total. The highest BCUT2D eigenvalue weighted by molar-refractivity contribution is 5.74. The van der Waals surface area contributed by atoms with Gasteiger partial charge in [-0.05, 0) is 17.5 Å². The van der Waals surface area contributed by atoms with E-state index in [1.165, 1.54) is 0 Å². The number of hydrogen-bond donors (Lipinski definition) is 1. The number of rotatable bonds is 4. The van der Waals surface area contributed by atoms with E-state index in [0.717, 1.165) is 11.1 Å². The first kappa shape index (κ1) is 13.8. The van der Waals surface area contributed by atoms with E-state index in [9.17, 15) is 9.90 Å². The number of aliphatic carboxylic acids is 1. The topological polar surface area (TPSA) is 79.5 Å². The molecule has 1 aromatic heterocycles. The van der Waals surface area contributed by atoms with Crippen molar-refractivity contribution in [2.75, 3.05) is 0 Å². The van der Waals surface area contributed by atoms with Crippen LogP contribution in [0.15, 0.2) is 28.8 Å². The molecular formula is C15H17N3O3. The first-order chi connectivity index (χ1) is 10.2. The van der Waals surface area contributed by atoms with Crippen LogP contribution in [-0.2, 0) is 30.7 Å². The Morgan fingerprint density at radius 3 is 2.86 bits per heavy atom. The maximum absolute atomic E-state index is 11.5. The number of aryl methyl sites for hydroxylation is 1. The standard InChI is InChI=1S/C15H17N3O3/c1-2-14-16-13(17-21-14)9-18-8-11-6-4-3-5-10(11)7-12(18)15(19)20/h3-6,12H,2,7-9H2,1H3,(H,19,20)/t12-/m0/s1. The van der Waals surface area contributed by atoms with Crippen molar-refractivity contribution in [1.29, 1.82) is 0 Å². The fourth-order valence-electron chi connectivity index (χ4n) is 2.67. The van der Waals surface area contributed by atoms with Gasteiger partial charge in [-0.2, -0.15) is 4.98 Å². The molecule has 0 unspecified atom stereocenters. The van der Waals surface area contributed by atoms with Gasteiger partial charge in [0, 0.05) is 13.0 Å². The van der Waals surface area contributed by atoms with E-state index in [-0.39, 0.29) is 0 Å². The summed E-state index contributed by atoms with van der Waals surface area (Å²) in [5, 5.41) is 13.4. The average Bonchev–Trinajstić information content (AvgIpc) is 2.94. The SMILES string of the molecule is CCc1nc(CN2Cc3ccccc3C[C@H]2C(=O)O)no1. The van der Waals surface area contributed by atoms with Crippen LogP contribution in [0.4, 0.5) is 0 Å². The summed E-state index contributed by atoms with van der Waals surface area (Å²) in [5.74, 6) is 0.301. The summed E-state index contributed by atoms with van der Waals surface area (Å²) in [5.41, 5.74) is 2.26. The molecule has 1 aliphatic rings. The molecule has 3 rings (SSSR count). The lowest BCUT2D eigenvalue weighted by molar-refractivity contribution is -0.144. The molecule has 0 spiro atoms. The summed E-state index contributed by atoms with van der Waals surface area (Å²) < 4.78 is 5.09. The minimum Gasteiger partial charge on any atom is -0.480 e. The van der Waals surface area contributed by atoms with Crippen LogP contribution in [0.1, 0.15) is 29.8 Å². The predicted octanol–water partition coefficient (Wildman–Crippen LogP) is 1.64. The molecule has 0 fully saturated rings. The van der Waals surface area contributed by atoms with E-state index < -0.39 is 12.0 Å². The van der Waals surface area contributed by atoms with Crippen molar-refractivity contribution in [3.05, 3.63) is 47.1 Å². The van der Waals surface area contributed by atoms with Crippen LogP contribution in [0, 0.1) is 0 Å². The quantitative estimate of drug-likeness (QED) is 0.921. The van der Waals surface area contributed by atoms with E-state index in [0.29, 0.717) is 37.6 Å². The van der Waals surface area contributed by atoms with Crippen LogP contribution < -0.4 is 0 Å². The molecule has 1 atom stereocenters. The van der Waals surface area contributed by atoms with Gasteiger partial charge in [0.25, 0.3) is 0 Å². The summed E-state index contributed by atoms with van der Waals surface area (Å²) >= 11 is 0. The fourth-order valence-corrected chi connectivity index (χ4v) is 2.67. The minimum atomic E-state index is -0.816. The van der Waals surface area contributed by atoms with Crippen LogP contribution >= 0.6 is 0 Å². The van der Waals surface area contributed by atoms with Gasteiger partial charge in [0.2, 0.25) is 5.89 Å². The number of carbonyl (C=O) groups is 1. The zero-order chi connectivity index (χ0) is 14.8. The zero-order valence-electron chi connectivity index (χ0n) is 11.8. The number of aromatic nitrogens is 2. The molecule has 0 radical (unpaired) electrons. The maximum Gasteiger partial charge on any atom is 0.321 e. The molecule has 0 aliphatic carbocycles. The number of carboxylic acids is 1. The second kappa shape index (κ2) is 5.65. The lowest BCUT2D eigenvalue weighted by atomic mass is 9.94. The van der Waals surface area contributed by atoms with E-state index in [1.807, 2.05) is 36.1 Å². The van der Waals surface area contributed by atoms with Crippen LogP contribution in [0.5, 0.6) is 0 Å². The van der Waals surface area contributed by atoms with Crippen molar-refractivity contribution in [2.24, 2.45) is 0 Å². The Morgan fingerprint density at radius 1 is 1.43 bits per heavy atom. The van der Waals surface area contributed by atoms with Crippen molar-refractivity contribution >= 4 is 5.97 Å². The van der Waals surface area contributed by atoms with E-state index in [2.05, 4.69) is 10.1 Å². The first-order valence-electron chi connectivity index (χ1n) is 7.02. The summed E-state index contributed by atoms with van der Waals surface area (Å²) in [6.45, 7) is 2.91. The van der Waals surface area contributed by atoms with Crippen LogP contribution in [0.3, 0.4) is 0 Å². The van der Waals surface area contributed by atoms with Gasteiger partial charge in [-0.3, -0.25) is 9.69 Å². The summed E-state index contributed by atoms with van der Waals surface area (Å²) in [6.07, 6.45) is 1.18. The third kappa shape index (κ3) is 2.80. The molecule has 2 aromatic rings. The third-order valence-corrected chi connectivity index (χ3v) is 3.79. The van der Waals surface area contributed by atoms with Gasteiger partial charge >= 0.3 is 5.97 Å². The van der Waals surface area contributed by atoms with Gasteiger partial charge < -0.3 is 9.63 Å². The Morgan fingerprint density at radius 2 is 2.19 bits per heavy atom. The summed E-state index contributed by atoms with van der Waals surface area (Å²) in [7, 11) is 0. The highest BCUT2D eigenvalue weighted by Gasteiger charge is 2.32. The van der Waals surface area contributed by atoms with Crippen molar-refractivity contribution in [3.8, 4) is 0 Å². The second-order valence-corrected chi connectivity index (χ2v) is 5.19. The highest BCUT2D eigenvalue weighted by Crippen LogP contribution is 2.24. The molecule has 1 aliphatic heterocycles. The lowest BCUT2D eigenvalue weighted by Gasteiger charge is -2.33. The lowest BCUT2D eigenvalue weighted by Crippen LogP contribution is -2.45. The first-order valence-corrected chi connectivity index (χ1v) is 7.02. The van der Waals surface area contributed by atoms with Gasteiger partial charge in [0.05, 0.1) is 6.54 Å². The molecule has 1 aromatic carbocycles. The van der Waals surface area contributed by atoms with Gasteiger partial charge in [-0.15, -0.1) is 0 Å². The molecule has 1 N–H and O–H groups in total. The van der Waals surface area contributed by atoms with Gasteiger partial charge in [0.15, 0.2) is 5.82 Å².